The predicted molar refractivity (Wildman–Crippen MR) is 55.5 cm³/mol. The molecular weight excluding hydrogens is 212 g/mol. The van der Waals surface area contributed by atoms with Crippen molar-refractivity contribution < 1.29 is 19.0 Å². The first-order valence-corrected chi connectivity index (χ1v) is 7.19. The lowest BCUT2D eigenvalue weighted by Gasteiger charge is -2.27. The van der Waals surface area contributed by atoms with Gasteiger partial charge in [-0.3, -0.25) is 4.79 Å². The van der Waals surface area contributed by atoms with Gasteiger partial charge in [0.2, 0.25) is 5.79 Å². The zero-order valence-corrected chi connectivity index (χ0v) is 10.9. The summed E-state index contributed by atoms with van der Waals surface area (Å²) in [6, 6.07) is 1.22. The summed E-state index contributed by atoms with van der Waals surface area (Å²) in [5, 5.41) is 0. The van der Waals surface area contributed by atoms with Crippen molar-refractivity contribution in [1.29, 1.82) is 0 Å². The quantitative estimate of drug-likeness (QED) is 0.373. The smallest absolute Gasteiger partial charge is 0.314 e. The summed E-state index contributed by atoms with van der Waals surface area (Å²) in [7, 11) is 1.20. The van der Waals surface area contributed by atoms with Crippen molar-refractivity contribution >= 4 is 16.2 Å². The van der Waals surface area contributed by atoms with E-state index in [0.29, 0.717) is 6.61 Å². The van der Waals surface area contributed by atoms with Crippen LogP contribution in [-0.2, 0) is 19.0 Å². The zero-order chi connectivity index (χ0) is 10.5. The van der Waals surface area contributed by atoms with Crippen molar-refractivity contribution in [1.82, 2.24) is 0 Å². The second-order valence-electron chi connectivity index (χ2n) is 4.66. The third-order valence-electron chi connectivity index (χ3n) is 3.59. The number of hydrogen-bond acceptors (Lipinski definition) is 4. The Kier molecular flexibility index (Phi) is 2.16. The Morgan fingerprint density at radius 2 is 2.47 bits per heavy atom. The molecule has 2 bridgehead atoms. The van der Waals surface area contributed by atoms with Gasteiger partial charge in [0.05, 0.1) is 18.6 Å². The Morgan fingerprint density at radius 1 is 1.60 bits per heavy atom. The van der Waals surface area contributed by atoms with Crippen LogP contribution >= 0.6 is 0 Å². The maximum atomic E-state index is 11.6. The number of rotatable bonds is 4. The molecule has 0 radical (unpaired) electrons. The number of hydrogen-bond donors (Lipinski definition) is 0. The molecule has 0 aromatic carbocycles. The van der Waals surface area contributed by atoms with E-state index in [4.69, 9.17) is 14.2 Å². The molecule has 0 aromatic heterocycles. The fraction of sp³-hybridized carbons (Fsp3) is 0.900. The molecule has 3 saturated heterocycles. The van der Waals surface area contributed by atoms with Crippen LogP contribution in [0.4, 0.5) is 0 Å². The normalized spacial score (nSPS) is 46.4. The molecule has 15 heavy (non-hydrogen) atoms. The summed E-state index contributed by atoms with van der Waals surface area (Å²) in [5.41, 5.74) is 0. The van der Waals surface area contributed by atoms with Crippen molar-refractivity contribution in [3.05, 3.63) is 0 Å². The van der Waals surface area contributed by atoms with Gasteiger partial charge in [0, 0.05) is 16.7 Å². The first-order chi connectivity index (χ1) is 7.25. The number of carbonyl (C=O) groups is 1. The van der Waals surface area contributed by atoms with Crippen molar-refractivity contribution in [3.8, 4) is 0 Å². The standard InChI is InChI=1S/C10H16O4Si/c11-9-7-4-6-5-10(14-9,8(7)13-6)12-2-1-3-15/h6-8H,1-5H2,15H3. The molecule has 3 heterocycles. The van der Waals surface area contributed by atoms with Crippen molar-refractivity contribution in [3.63, 3.8) is 0 Å². The molecule has 0 aliphatic carbocycles. The van der Waals surface area contributed by atoms with Gasteiger partial charge in [-0.2, -0.15) is 0 Å². The van der Waals surface area contributed by atoms with Crippen molar-refractivity contribution in [2.75, 3.05) is 6.61 Å². The minimum absolute atomic E-state index is 0.0558. The van der Waals surface area contributed by atoms with Gasteiger partial charge < -0.3 is 14.2 Å². The van der Waals surface area contributed by atoms with E-state index < -0.39 is 5.79 Å². The molecule has 4 atom stereocenters. The molecule has 3 aliphatic heterocycles. The SMILES string of the molecule is O=C1OC2(OCCC[SiH3])CC3CC1C2O3. The monoisotopic (exact) mass is 228 g/mol. The van der Waals surface area contributed by atoms with E-state index in [0.717, 1.165) is 19.3 Å². The van der Waals surface area contributed by atoms with Gasteiger partial charge in [-0.15, -0.1) is 0 Å². The fourth-order valence-electron chi connectivity index (χ4n) is 2.87. The average Bonchev–Trinajstić information content (AvgIpc) is 2.77. The lowest BCUT2D eigenvalue weighted by molar-refractivity contribution is -0.221. The molecule has 84 valence electrons. The molecule has 0 N–H and O–H groups in total. The van der Waals surface area contributed by atoms with Gasteiger partial charge in [-0.25, -0.2) is 0 Å². The van der Waals surface area contributed by atoms with Crippen LogP contribution in [-0.4, -0.2) is 40.8 Å². The minimum Gasteiger partial charge on any atom is -0.430 e. The van der Waals surface area contributed by atoms with Crippen LogP contribution in [0.2, 0.25) is 6.04 Å². The van der Waals surface area contributed by atoms with Crippen LogP contribution in [0, 0.1) is 5.92 Å². The molecule has 3 fully saturated rings. The first kappa shape index (κ1) is 9.81. The van der Waals surface area contributed by atoms with E-state index in [2.05, 4.69) is 0 Å². The summed E-state index contributed by atoms with van der Waals surface area (Å²) in [6.07, 6.45) is 2.69. The molecule has 3 aliphatic rings. The minimum atomic E-state index is -0.707. The Bertz CT molecular complexity index is 295. The third-order valence-corrected chi connectivity index (χ3v) is 4.29. The maximum Gasteiger partial charge on any atom is 0.314 e. The molecular formula is C10H16O4Si. The van der Waals surface area contributed by atoms with Gasteiger partial charge >= 0.3 is 5.97 Å². The number of esters is 1. The Labute approximate surface area is 91.7 Å². The van der Waals surface area contributed by atoms with Crippen LogP contribution in [0.25, 0.3) is 0 Å². The Hall–Kier alpha value is -0.393. The highest BCUT2D eigenvalue weighted by molar-refractivity contribution is 6.08. The van der Waals surface area contributed by atoms with E-state index in [1.54, 1.807) is 0 Å². The lowest BCUT2D eigenvalue weighted by Crippen LogP contribution is -2.41. The summed E-state index contributed by atoms with van der Waals surface area (Å²) < 4.78 is 16.9. The highest BCUT2D eigenvalue weighted by Gasteiger charge is 2.68. The molecule has 5 heteroatoms. The van der Waals surface area contributed by atoms with E-state index >= 15 is 0 Å². The molecule has 0 aromatic rings. The van der Waals surface area contributed by atoms with E-state index in [1.165, 1.54) is 16.3 Å². The highest BCUT2D eigenvalue weighted by atomic mass is 28.1. The lowest BCUT2D eigenvalue weighted by atomic mass is 9.88. The second kappa shape index (κ2) is 3.30. The van der Waals surface area contributed by atoms with Gasteiger partial charge in [0.15, 0.2) is 0 Å². The van der Waals surface area contributed by atoms with Crippen LogP contribution in [0.3, 0.4) is 0 Å². The molecule has 0 saturated carbocycles. The zero-order valence-electron chi connectivity index (χ0n) is 8.90. The molecule has 4 nitrogen and oxygen atoms in total. The van der Waals surface area contributed by atoms with Crippen molar-refractivity contribution in [2.24, 2.45) is 5.92 Å². The average molecular weight is 228 g/mol. The Morgan fingerprint density at radius 3 is 3.20 bits per heavy atom. The molecule has 0 amide bonds. The van der Waals surface area contributed by atoms with Crippen LogP contribution < -0.4 is 0 Å². The number of ether oxygens (including phenoxy) is 3. The molecule has 4 unspecified atom stereocenters. The molecule has 0 spiro atoms. The Balaban J connectivity index is 1.73. The molecule has 3 rings (SSSR count). The predicted octanol–water partition coefficient (Wildman–Crippen LogP) is -0.393. The third kappa shape index (κ3) is 1.30. The van der Waals surface area contributed by atoms with E-state index in [-0.39, 0.29) is 24.1 Å². The number of carbonyl (C=O) groups excluding carboxylic acids is 1. The van der Waals surface area contributed by atoms with E-state index in [9.17, 15) is 4.79 Å². The van der Waals surface area contributed by atoms with Gasteiger partial charge in [-0.1, -0.05) is 6.04 Å². The summed E-state index contributed by atoms with van der Waals surface area (Å²) in [5.74, 6) is -0.882. The van der Waals surface area contributed by atoms with Crippen LogP contribution in [0.15, 0.2) is 0 Å². The summed E-state index contributed by atoms with van der Waals surface area (Å²) >= 11 is 0. The maximum absolute atomic E-state index is 11.6. The highest BCUT2D eigenvalue weighted by Crippen LogP contribution is 2.53. The van der Waals surface area contributed by atoms with Gasteiger partial charge in [0.1, 0.15) is 6.10 Å². The van der Waals surface area contributed by atoms with Crippen molar-refractivity contribution in [2.45, 2.75) is 43.3 Å². The first-order valence-electron chi connectivity index (χ1n) is 5.77. The number of fused-ring (bicyclic) bond motifs is 1. The van der Waals surface area contributed by atoms with E-state index in [1.807, 2.05) is 0 Å². The summed E-state index contributed by atoms with van der Waals surface area (Å²) in [4.78, 5) is 11.6. The van der Waals surface area contributed by atoms with Gasteiger partial charge in [-0.05, 0) is 12.8 Å². The largest absolute Gasteiger partial charge is 0.430 e. The second-order valence-corrected chi connectivity index (χ2v) is 5.66. The van der Waals surface area contributed by atoms with Crippen LogP contribution in [0.5, 0.6) is 0 Å². The topological polar surface area (TPSA) is 44.8 Å². The summed E-state index contributed by atoms with van der Waals surface area (Å²) in [6.45, 7) is 0.691. The van der Waals surface area contributed by atoms with Gasteiger partial charge in [0.25, 0.3) is 0 Å². The fourth-order valence-corrected chi connectivity index (χ4v) is 3.15. The van der Waals surface area contributed by atoms with Crippen LogP contribution in [0.1, 0.15) is 19.3 Å².